The molecule has 588 valence electrons. The zero-order valence-electron chi connectivity index (χ0n) is 64.8. The molecule has 0 aromatic heterocycles. The summed E-state index contributed by atoms with van der Waals surface area (Å²) in [5, 5.41) is 10.6. The van der Waals surface area contributed by atoms with Gasteiger partial charge in [0.2, 0.25) is 0 Å². The lowest BCUT2D eigenvalue weighted by Crippen LogP contribution is -2.30. The van der Waals surface area contributed by atoms with E-state index in [0.717, 1.165) is 115 Å². The third-order valence-corrected chi connectivity index (χ3v) is 20.6. The number of hydrogen-bond acceptors (Lipinski definition) is 15. The Bertz CT molecular complexity index is 1910. The highest BCUT2D eigenvalue weighted by Gasteiger charge is 2.30. The molecule has 0 saturated carbocycles. The first-order valence-electron chi connectivity index (χ1n) is 41.5. The highest BCUT2D eigenvalue weighted by Crippen LogP contribution is 2.45. The average molecular weight is 1450 g/mol. The number of ether oxygens (including phenoxy) is 4. The molecule has 5 atom stereocenters. The van der Waals surface area contributed by atoms with Crippen LogP contribution in [-0.4, -0.2) is 96.7 Å². The second-order valence-electron chi connectivity index (χ2n) is 29.8. The van der Waals surface area contributed by atoms with Crippen LogP contribution in [0.5, 0.6) is 0 Å². The predicted octanol–water partition coefficient (Wildman–Crippen LogP) is 23.9. The van der Waals surface area contributed by atoms with Crippen molar-refractivity contribution in [3.8, 4) is 0 Å². The normalized spacial score (nSPS) is 13.9. The molecule has 0 rings (SSSR count). The predicted molar refractivity (Wildman–Crippen MR) is 405 cm³/mol. The number of esters is 4. The molecule has 0 aliphatic heterocycles. The molecule has 2 unspecified atom stereocenters. The second-order valence-corrected chi connectivity index (χ2v) is 32.7. The standard InChI is InChI=1S/C80H156O17P2/c1-7-9-11-13-15-16-17-18-19-20-21-22-23-26-30-35-40-46-52-58-64-79(84)97-76(69-91-78(83)63-57-51-45-39-34-29-27-24-25-28-32-37-43-48-54-60-72(3)4)71-95-99(88,89)93-67-74(81)66-92-98(86,87)94-70-75(68-90-77(82)62-56-50-42-14-12-10-8-2)96-80(85)65-59-53-47-41-36-31-33-38-44-49-55-61-73(5)6/h72-76,81H,7-71H2,1-6H3,(H,86,87)(H,88,89)/t74-,75+,76+/m0/s1. The maximum absolute atomic E-state index is 13.1. The highest BCUT2D eigenvalue weighted by atomic mass is 31.2. The molecule has 0 spiro atoms. The van der Waals surface area contributed by atoms with Crippen LogP contribution >= 0.6 is 15.6 Å². The fourth-order valence-electron chi connectivity index (χ4n) is 12.4. The molecule has 0 radical (unpaired) electrons. The van der Waals surface area contributed by atoms with Gasteiger partial charge in [-0.2, -0.15) is 0 Å². The summed E-state index contributed by atoms with van der Waals surface area (Å²) < 4.78 is 68.6. The van der Waals surface area contributed by atoms with Crippen molar-refractivity contribution in [2.75, 3.05) is 39.6 Å². The first-order chi connectivity index (χ1) is 47.9. The number of aliphatic hydroxyl groups is 1. The summed E-state index contributed by atoms with van der Waals surface area (Å²) in [6.07, 6.45) is 61.3. The van der Waals surface area contributed by atoms with Gasteiger partial charge in [-0.3, -0.25) is 37.3 Å². The van der Waals surface area contributed by atoms with Crippen LogP contribution in [0.4, 0.5) is 0 Å². The summed E-state index contributed by atoms with van der Waals surface area (Å²) in [6.45, 7) is 9.61. The lowest BCUT2D eigenvalue weighted by molar-refractivity contribution is -0.161. The molecule has 0 bridgehead atoms. The molecule has 0 fully saturated rings. The Labute approximate surface area is 607 Å². The van der Waals surface area contributed by atoms with Crippen molar-refractivity contribution in [3.05, 3.63) is 0 Å². The van der Waals surface area contributed by atoms with Gasteiger partial charge in [-0.25, -0.2) is 9.13 Å². The topological polar surface area (TPSA) is 237 Å². The van der Waals surface area contributed by atoms with Crippen molar-refractivity contribution in [3.63, 3.8) is 0 Å². The molecule has 17 nitrogen and oxygen atoms in total. The molecule has 19 heteroatoms. The van der Waals surface area contributed by atoms with Crippen molar-refractivity contribution in [2.24, 2.45) is 11.8 Å². The molecule has 0 heterocycles. The number of aliphatic hydroxyl groups excluding tert-OH is 1. The van der Waals surface area contributed by atoms with E-state index in [1.165, 1.54) is 225 Å². The van der Waals surface area contributed by atoms with Crippen molar-refractivity contribution in [1.82, 2.24) is 0 Å². The Morgan fingerprint density at radius 2 is 0.465 bits per heavy atom. The maximum atomic E-state index is 13.1. The van der Waals surface area contributed by atoms with Crippen LogP contribution in [0.2, 0.25) is 0 Å². The summed E-state index contributed by atoms with van der Waals surface area (Å²) in [5.41, 5.74) is 0. The van der Waals surface area contributed by atoms with Gasteiger partial charge >= 0.3 is 39.5 Å². The molecular formula is C80H156O17P2. The number of phosphoric ester groups is 2. The zero-order chi connectivity index (χ0) is 72.8. The number of rotatable bonds is 79. The second kappa shape index (κ2) is 71.7. The van der Waals surface area contributed by atoms with Crippen LogP contribution in [0.1, 0.15) is 420 Å². The van der Waals surface area contributed by atoms with E-state index in [-0.39, 0.29) is 25.7 Å². The summed E-state index contributed by atoms with van der Waals surface area (Å²) >= 11 is 0. The lowest BCUT2D eigenvalue weighted by Gasteiger charge is -2.21. The van der Waals surface area contributed by atoms with Crippen molar-refractivity contribution < 1.29 is 80.2 Å². The van der Waals surface area contributed by atoms with Gasteiger partial charge in [-0.1, -0.05) is 369 Å². The van der Waals surface area contributed by atoms with Crippen molar-refractivity contribution >= 4 is 39.5 Å². The molecule has 0 aromatic rings. The van der Waals surface area contributed by atoms with Gasteiger partial charge in [0.1, 0.15) is 19.3 Å². The van der Waals surface area contributed by atoms with E-state index in [4.69, 9.17) is 37.0 Å². The van der Waals surface area contributed by atoms with Crippen LogP contribution in [0, 0.1) is 11.8 Å². The minimum absolute atomic E-state index is 0.106. The largest absolute Gasteiger partial charge is 0.472 e. The Kier molecular flexibility index (Phi) is 70.3. The van der Waals surface area contributed by atoms with Gasteiger partial charge in [0, 0.05) is 25.7 Å². The Morgan fingerprint density at radius 1 is 0.273 bits per heavy atom. The van der Waals surface area contributed by atoms with E-state index in [1.54, 1.807) is 0 Å². The minimum Gasteiger partial charge on any atom is -0.462 e. The molecule has 0 amide bonds. The Balaban J connectivity index is 5.18. The molecule has 0 aliphatic rings. The smallest absolute Gasteiger partial charge is 0.462 e. The number of carbonyl (C=O) groups excluding carboxylic acids is 4. The SMILES string of the molecule is CCCCCCCCCCCCCCCCCCCCCCC(=O)O[C@H](COC(=O)CCCCCCCCCCCCCCCCCC(C)C)COP(=O)(O)OC[C@@H](O)COP(=O)(O)OC[C@@H](COC(=O)CCCCCCCCC)OC(=O)CCCCCCCCCCCCCC(C)C. The van der Waals surface area contributed by atoms with E-state index in [2.05, 4.69) is 41.5 Å². The highest BCUT2D eigenvalue weighted by molar-refractivity contribution is 7.47. The van der Waals surface area contributed by atoms with Gasteiger partial charge in [0.15, 0.2) is 12.2 Å². The van der Waals surface area contributed by atoms with Gasteiger partial charge in [-0.15, -0.1) is 0 Å². The van der Waals surface area contributed by atoms with Crippen LogP contribution in [0.15, 0.2) is 0 Å². The van der Waals surface area contributed by atoms with Gasteiger partial charge in [0.05, 0.1) is 26.4 Å². The number of unbranched alkanes of at least 4 members (excludes halogenated alkanes) is 49. The summed E-state index contributed by atoms with van der Waals surface area (Å²) in [4.78, 5) is 72.8. The van der Waals surface area contributed by atoms with Crippen molar-refractivity contribution in [1.29, 1.82) is 0 Å². The van der Waals surface area contributed by atoms with Crippen LogP contribution in [-0.2, 0) is 65.4 Å². The minimum atomic E-state index is -4.96. The van der Waals surface area contributed by atoms with Crippen LogP contribution < -0.4 is 0 Å². The summed E-state index contributed by atoms with van der Waals surface area (Å²) in [6, 6.07) is 0. The molecule has 99 heavy (non-hydrogen) atoms. The number of phosphoric acid groups is 2. The van der Waals surface area contributed by atoms with Gasteiger partial charge in [0.25, 0.3) is 0 Å². The maximum Gasteiger partial charge on any atom is 0.472 e. The van der Waals surface area contributed by atoms with E-state index in [9.17, 15) is 43.2 Å². The van der Waals surface area contributed by atoms with Gasteiger partial charge < -0.3 is 33.8 Å². The fraction of sp³-hybridized carbons (Fsp3) is 0.950. The monoisotopic (exact) mass is 1450 g/mol. The van der Waals surface area contributed by atoms with E-state index >= 15 is 0 Å². The first kappa shape index (κ1) is 97.1. The van der Waals surface area contributed by atoms with E-state index in [0.29, 0.717) is 25.7 Å². The zero-order valence-corrected chi connectivity index (χ0v) is 66.6. The van der Waals surface area contributed by atoms with Crippen molar-refractivity contribution in [2.45, 2.75) is 439 Å². The quantitative estimate of drug-likeness (QED) is 0.0222. The molecular weight excluding hydrogens is 1290 g/mol. The molecule has 0 aromatic carbocycles. The first-order valence-corrected chi connectivity index (χ1v) is 44.5. The summed E-state index contributed by atoms with van der Waals surface area (Å²) in [5.74, 6) is -0.543. The third kappa shape index (κ3) is 74.1. The Morgan fingerprint density at radius 3 is 0.687 bits per heavy atom. The Hall–Kier alpha value is -1.94. The molecule has 0 aliphatic carbocycles. The average Bonchev–Trinajstić information content (AvgIpc) is 1.00. The lowest BCUT2D eigenvalue weighted by atomic mass is 10.0. The number of hydrogen-bond donors (Lipinski definition) is 3. The van der Waals surface area contributed by atoms with Crippen LogP contribution in [0.3, 0.4) is 0 Å². The fourth-order valence-corrected chi connectivity index (χ4v) is 13.9. The van der Waals surface area contributed by atoms with Crippen LogP contribution in [0.25, 0.3) is 0 Å². The van der Waals surface area contributed by atoms with E-state index < -0.39 is 97.5 Å². The third-order valence-electron chi connectivity index (χ3n) is 18.7. The summed E-state index contributed by atoms with van der Waals surface area (Å²) in [7, 11) is -9.91. The number of carbonyl (C=O) groups is 4. The molecule has 3 N–H and O–H groups in total. The van der Waals surface area contributed by atoms with E-state index in [1.807, 2.05) is 0 Å². The molecule has 0 saturated heterocycles. The van der Waals surface area contributed by atoms with Gasteiger partial charge in [-0.05, 0) is 37.5 Å².